The summed E-state index contributed by atoms with van der Waals surface area (Å²) in [6.07, 6.45) is 5.36. The molecular weight excluding hydrogens is 276 g/mol. The molecule has 0 radical (unpaired) electrons. The van der Waals surface area contributed by atoms with Crippen LogP contribution in [0.4, 0.5) is 11.8 Å². The van der Waals surface area contributed by atoms with Crippen molar-refractivity contribution in [3.05, 3.63) is 42.4 Å². The first-order chi connectivity index (χ1) is 10.8. The highest BCUT2D eigenvalue weighted by Crippen LogP contribution is 2.31. The van der Waals surface area contributed by atoms with Crippen molar-refractivity contribution in [2.24, 2.45) is 5.92 Å². The SMILES string of the molecule is CN1CC2CN(Cc3ccc(Nc4ncccn4)nc3)CC21. The second-order valence-corrected chi connectivity index (χ2v) is 6.21. The zero-order valence-electron chi connectivity index (χ0n) is 12.7. The highest BCUT2D eigenvalue weighted by atomic mass is 15.3. The summed E-state index contributed by atoms with van der Waals surface area (Å²) in [5.74, 6) is 2.22. The Labute approximate surface area is 130 Å². The maximum Gasteiger partial charge on any atom is 0.228 e. The highest BCUT2D eigenvalue weighted by Gasteiger charge is 2.43. The number of nitrogens with one attached hydrogen (secondary N) is 1. The zero-order chi connectivity index (χ0) is 14.9. The smallest absolute Gasteiger partial charge is 0.228 e. The molecule has 4 heterocycles. The Morgan fingerprint density at radius 2 is 2.00 bits per heavy atom. The van der Waals surface area contributed by atoms with Gasteiger partial charge >= 0.3 is 0 Å². The van der Waals surface area contributed by atoms with E-state index in [1.807, 2.05) is 12.3 Å². The first-order valence-corrected chi connectivity index (χ1v) is 7.69. The first kappa shape index (κ1) is 13.6. The van der Waals surface area contributed by atoms with Crippen LogP contribution in [0.2, 0.25) is 0 Å². The van der Waals surface area contributed by atoms with Gasteiger partial charge in [-0.3, -0.25) is 4.90 Å². The second-order valence-electron chi connectivity index (χ2n) is 6.21. The van der Waals surface area contributed by atoms with Crippen LogP contribution in [0.25, 0.3) is 0 Å². The molecule has 2 atom stereocenters. The largest absolute Gasteiger partial charge is 0.309 e. The molecular formula is C16H20N6. The Bertz CT molecular complexity index is 629. The van der Waals surface area contributed by atoms with Crippen LogP contribution >= 0.6 is 0 Å². The summed E-state index contributed by atoms with van der Waals surface area (Å²) in [5.41, 5.74) is 1.25. The first-order valence-electron chi connectivity index (χ1n) is 7.69. The van der Waals surface area contributed by atoms with E-state index in [9.17, 15) is 0 Å². The van der Waals surface area contributed by atoms with E-state index < -0.39 is 0 Å². The van der Waals surface area contributed by atoms with Gasteiger partial charge in [0.05, 0.1) is 0 Å². The molecule has 2 saturated heterocycles. The van der Waals surface area contributed by atoms with Gasteiger partial charge in [0.25, 0.3) is 0 Å². The van der Waals surface area contributed by atoms with Crippen LogP contribution in [0.15, 0.2) is 36.8 Å². The molecule has 22 heavy (non-hydrogen) atoms. The molecule has 1 N–H and O–H groups in total. The number of rotatable bonds is 4. The summed E-state index contributed by atoms with van der Waals surface area (Å²) in [7, 11) is 2.22. The average Bonchev–Trinajstić information content (AvgIpc) is 2.87. The molecule has 0 aromatic carbocycles. The Morgan fingerprint density at radius 3 is 2.68 bits per heavy atom. The van der Waals surface area contributed by atoms with E-state index in [0.29, 0.717) is 5.95 Å². The van der Waals surface area contributed by atoms with Crippen LogP contribution in [0.3, 0.4) is 0 Å². The molecule has 0 bridgehead atoms. The lowest BCUT2D eigenvalue weighted by atomic mass is 9.93. The van der Waals surface area contributed by atoms with E-state index in [2.05, 4.69) is 43.2 Å². The number of anilines is 2. The van der Waals surface area contributed by atoms with Crippen molar-refractivity contribution in [3.63, 3.8) is 0 Å². The van der Waals surface area contributed by atoms with Gasteiger partial charge in [-0.1, -0.05) is 6.07 Å². The lowest BCUT2D eigenvalue weighted by Gasteiger charge is -2.40. The fourth-order valence-electron chi connectivity index (χ4n) is 3.44. The monoisotopic (exact) mass is 296 g/mol. The zero-order valence-corrected chi connectivity index (χ0v) is 12.7. The minimum atomic E-state index is 0.571. The predicted octanol–water partition coefficient (Wildman–Crippen LogP) is 1.36. The number of hydrogen-bond donors (Lipinski definition) is 1. The molecule has 2 unspecified atom stereocenters. The lowest BCUT2D eigenvalue weighted by molar-refractivity contribution is 0.0825. The molecule has 2 aliphatic rings. The predicted molar refractivity (Wildman–Crippen MR) is 84.7 cm³/mol. The van der Waals surface area contributed by atoms with E-state index in [4.69, 9.17) is 0 Å². The quantitative estimate of drug-likeness (QED) is 0.919. The van der Waals surface area contributed by atoms with Crippen molar-refractivity contribution in [1.82, 2.24) is 24.8 Å². The fraction of sp³-hybridized carbons (Fsp3) is 0.438. The van der Waals surface area contributed by atoms with Crippen LogP contribution in [-0.2, 0) is 6.54 Å². The number of nitrogens with zero attached hydrogens (tertiary/aromatic N) is 5. The maximum atomic E-state index is 4.46. The van der Waals surface area contributed by atoms with Crippen LogP contribution < -0.4 is 5.32 Å². The molecule has 114 valence electrons. The van der Waals surface area contributed by atoms with Crippen LogP contribution in [0.1, 0.15) is 5.56 Å². The molecule has 6 nitrogen and oxygen atoms in total. The molecule has 0 spiro atoms. The minimum Gasteiger partial charge on any atom is -0.309 e. The van der Waals surface area contributed by atoms with E-state index in [1.54, 1.807) is 18.5 Å². The van der Waals surface area contributed by atoms with Crippen molar-refractivity contribution in [1.29, 1.82) is 0 Å². The lowest BCUT2D eigenvalue weighted by Crippen LogP contribution is -2.52. The van der Waals surface area contributed by atoms with E-state index in [-0.39, 0.29) is 0 Å². The van der Waals surface area contributed by atoms with Gasteiger partial charge in [-0.25, -0.2) is 15.0 Å². The van der Waals surface area contributed by atoms with E-state index in [1.165, 1.54) is 25.2 Å². The third-order valence-electron chi connectivity index (χ3n) is 4.61. The summed E-state index contributed by atoms with van der Waals surface area (Å²) < 4.78 is 0. The third-order valence-corrected chi connectivity index (χ3v) is 4.61. The van der Waals surface area contributed by atoms with Gasteiger partial charge in [0.2, 0.25) is 5.95 Å². The fourth-order valence-corrected chi connectivity index (χ4v) is 3.44. The van der Waals surface area contributed by atoms with Crippen molar-refractivity contribution in [2.45, 2.75) is 12.6 Å². The molecule has 2 aromatic rings. The third kappa shape index (κ3) is 2.67. The molecule has 0 saturated carbocycles. The number of fused-ring (bicyclic) bond motifs is 1. The minimum absolute atomic E-state index is 0.571. The van der Waals surface area contributed by atoms with Crippen LogP contribution in [0.5, 0.6) is 0 Å². The van der Waals surface area contributed by atoms with Crippen molar-refractivity contribution >= 4 is 11.8 Å². The van der Waals surface area contributed by atoms with E-state index >= 15 is 0 Å². The van der Waals surface area contributed by atoms with Gasteiger partial charge in [-0.15, -0.1) is 0 Å². The summed E-state index contributed by atoms with van der Waals surface area (Å²) in [4.78, 5) is 17.7. The topological polar surface area (TPSA) is 57.2 Å². The normalized spacial score (nSPS) is 24.8. The number of likely N-dealkylation sites (N-methyl/N-ethyl adjacent to an activating group) is 1. The number of hydrogen-bond acceptors (Lipinski definition) is 6. The number of pyridine rings is 1. The van der Waals surface area contributed by atoms with Crippen molar-refractivity contribution in [3.8, 4) is 0 Å². The van der Waals surface area contributed by atoms with Crippen molar-refractivity contribution < 1.29 is 0 Å². The molecule has 4 rings (SSSR count). The Morgan fingerprint density at radius 1 is 1.14 bits per heavy atom. The van der Waals surface area contributed by atoms with Gasteiger partial charge in [0.1, 0.15) is 5.82 Å². The van der Waals surface area contributed by atoms with Gasteiger partial charge in [0.15, 0.2) is 0 Å². The Hall–Kier alpha value is -2.05. The number of likely N-dealkylation sites (tertiary alicyclic amines) is 2. The molecule has 2 aliphatic heterocycles. The molecule has 2 fully saturated rings. The van der Waals surface area contributed by atoms with Gasteiger partial charge in [0, 0.05) is 56.7 Å². The maximum absolute atomic E-state index is 4.46. The number of aromatic nitrogens is 3. The highest BCUT2D eigenvalue weighted by molar-refractivity contribution is 5.47. The standard InChI is InChI=1S/C16H20N6/c1-21-9-13-10-22(11-14(13)21)8-12-3-4-15(19-7-12)20-16-17-5-2-6-18-16/h2-7,13-14H,8-11H2,1H3,(H,17,18,19,20). The molecule has 0 aliphatic carbocycles. The summed E-state index contributed by atoms with van der Waals surface area (Å²) in [6, 6.07) is 6.68. The van der Waals surface area contributed by atoms with Gasteiger partial charge < -0.3 is 10.2 Å². The van der Waals surface area contributed by atoms with Crippen LogP contribution in [0, 0.1) is 5.92 Å². The van der Waals surface area contributed by atoms with Gasteiger partial charge in [-0.2, -0.15) is 0 Å². The average molecular weight is 296 g/mol. The summed E-state index contributed by atoms with van der Waals surface area (Å²) in [5, 5.41) is 3.10. The second kappa shape index (κ2) is 5.62. The Kier molecular flexibility index (Phi) is 3.48. The summed E-state index contributed by atoms with van der Waals surface area (Å²) >= 11 is 0. The molecule has 6 heteroatoms. The van der Waals surface area contributed by atoms with E-state index in [0.717, 1.165) is 24.3 Å². The van der Waals surface area contributed by atoms with Gasteiger partial charge in [-0.05, 0) is 24.7 Å². The molecule has 0 amide bonds. The van der Waals surface area contributed by atoms with Crippen LogP contribution in [-0.4, -0.2) is 57.5 Å². The summed E-state index contributed by atoms with van der Waals surface area (Å²) in [6.45, 7) is 4.63. The van der Waals surface area contributed by atoms with Crippen molar-refractivity contribution in [2.75, 3.05) is 32.0 Å². The molecule has 2 aromatic heterocycles. The Balaban J connectivity index is 1.36.